The Kier molecular flexibility index (Phi) is 4.38. The van der Waals surface area contributed by atoms with E-state index in [2.05, 4.69) is 5.32 Å². The molecule has 0 bridgehead atoms. The Bertz CT molecular complexity index is 950. The minimum absolute atomic E-state index is 0.0125. The third kappa shape index (κ3) is 3.60. The van der Waals surface area contributed by atoms with Crippen LogP contribution in [0.15, 0.2) is 52.9 Å². The summed E-state index contributed by atoms with van der Waals surface area (Å²) < 4.78 is 24.0. The number of ether oxygens (including phenoxy) is 1. The molecule has 0 saturated carbocycles. The fourth-order valence-electron chi connectivity index (χ4n) is 2.25. The van der Waals surface area contributed by atoms with Crippen LogP contribution in [0.1, 0.15) is 17.5 Å². The van der Waals surface area contributed by atoms with Crippen molar-refractivity contribution in [2.75, 3.05) is 5.32 Å². The SMILES string of the molecule is CC(Oc1ccccc1F)C(=O)Nc1ccc2oc(C(=O)O)cc2c1. The number of amides is 1. The minimum Gasteiger partial charge on any atom is -0.478 e. The summed E-state index contributed by atoms with van der Waals surface area (Å²) in [5.41, 5.74) is 0.838. The second-order valence-corrected chi connectivity index (χ2v) is 5.35. The van der Waals surface area contributed by atoms with E-state index in [1.165, 1.54) is 31.2 Å². The van der Waals surface area contributed by atoms with E-state index in [1.54, 1.807) is 24.3 Å². The molecule has 6 nitrogen and oxygen atoms in total. The van der Waals surface area contributed by atoms with Crippen LogP contribution in [-0.4, -0.2) is 23.1 Å². The Labute approximate surface area is 141 Å². The summed E-state index contributed by atoms with van der Waals surface area (Å²) in [6.45, 7) is 1.50. The molecule has 1 aromatic heterocycles. The molecule has 0 aliphatic carbocycles. The van der Waals surface area contributed by atoms with Gasteiger partial charge in [0.05, 0.1) is 0 Å². The lowest BCUT2D eigenvalue weighted by atomic mass is 10.2. The van der Waals surface area contributed by atoms with Crippen LogP contribution in [0.3, 0.4) is 0 Å². The monoisotopic (exact) mass is 343 g/mol. The van der Waals surface area contributed by atoms with Gasteiger partial charge in [-0.2, -0.15) is 0 Å². The first-order valence-corrected chi connectivity index (χ1v) is 7.43. The van der Waals surface area contributed by atoms with Gasteiger partial charge in [-0.1, -0.05) is 12.1 Å². The minimum atomic E-state index is -1.17. The predicted octanol–water partition coefficient (Wildman–Crippen LogP) is 3.68. The van der Waals surface area contributed by atoms with E-state index in [-0.39, 0.29) is 11.5 Å². The maximum Gasteiger partial charge on any atom is 0.371 e. The summed E-state index contributed by atoms with van der Waals surface area (Å²) in [4.78, 5) is 23.1. The van der Waals surface area contributed by atoms with Gasteiger partial charge in [-0.15, -0.1) is 0 Å². The molecular weight excluding hydrogens is 329 g/mol. The lowest BCUT2D eigenvalue weighted by Gasteiger charge is -2.15. The van der Waals surface area contributed by atoms with Gasteiger partial charge in [0.15, 0.2) is 17.7 Å². The second-order valence-electron chi connectivity index (χ2n) is 5.35. The molecule has 3 aromatic rings. The quantitative estimate of drug-likeness (QED) is 0.738. The molecule has 128 valence electrons. The average Bonchev–Trinajstić information content (AvgIpc) is 3.00. The molecular formula is C18H14FNO5. The summed E-state index contributed by atoms with van der Waals surface area (Å²) in [5.74, 6) is -2.39. The zero-order chi connectivity index (χ0) is 18.0. The summed E-state index contributed by atoms with van der Waals surface area (Å²) in [7, 11) is 0. The molecule has 2 aromatic carbocycles. The van der Waals surface area contributed by atoms with Crippen molar-refractivity contribution in [2.24, 2.45) is 0 Å². The van der Waals surface area contributed by atoms with E-state index >= 15 is 0 Å². The molecule has 25 heavy (non-hydrogen) atoms. The van der Waals surface area contributed by atoms with Gasteiger partial charge in [0.25, 0.3) is 5.91 Å². The maximum atomic E-state index is 13.6. The number of carboxylic acids is 1. The van der Waals surface area contributed by atoms with Crippen LogP contribution in [0, 0.1) is 5.82 Å². The van der Waals surface area contributed by atoms with Crippen LogP contribution in [-0.2, 0) is 4.79 Å². The van der Waals surface area contributed by atoms with Crippen LogP contribution in [0.4, 0.5) is 10.1 Å². The first kappa shape index (κ1) is 16.5. The number of para-hydroxylation sites is 1. The summed E-state index contributed by atoms with van der Waals surface area (Å²) in [5, 5.41) is 12.1. The first-order chi connectivity index (χ1) is 11.9. The van der Waals surface area contributed by atoms with Crippen molar-refractivity contribution in [3.05, 3.63) is 60.1 Å². The number of aromatic carboxylic acids is 1. The summed E-state index contributed by atoms with van der Waals surface area (Å²) >= 11 is 0. The highest BCUT2D eigenvalue weighted by molar-refractivity contribution is 5.97. The number of rotatable bonds is 5. The van der Waals surface area contributed by atoms with Crippen molar-refractivity contribution < 1.29 is 28.2 Å². The van der Waals surface area contributed by atoms with E-state index in [0.29, 0.717) is 16.7 Å². The van der Waals surface area contributed by atoms with Crippen molar-refractivity contribution >= 4 is 28.5 Å². The molecule has 2 N–H and O–H groups in total. The van der Waals surface area contributed by atoms with Gasteiger partial charge in [-0.3, -0.25) is 4.79 Å². The van der Waals surface area contributed by atoms with Gasteiger partial charge in [0.1, 0.15) is 5.58 Å². The molecule has 1 atom stereocenters. The van der Waals surface area contributed by atoms with Crippen molar-refractivity contribution in [2.45, 2.75) is 13.0 Å². The molecule has 1 amide bonds. The Morgan fingerprint density at radius 2 is 1.96 bits per heavy atom. The first-order valence-electron chi connectivity index (χ1n) is 7.43. The molecule has 1 heterocycles. The fraction of sp³-hybridized carbons (Fsp3) is 0.111. The molecule has 0 fully saturated rings. The molecule has 0 radical (unpaired) electrons. The maximum absolute atomic E-state index is 13.6. The largest absolute Gasteiger partial charge is 0.478 e. The molecule has 0 aliphatic heterocycles. The van der Waals surface area contributed by atoms with E-state index in [4.69, 9.17) is 14.3 Å². The smallest absolute Gasteiger partial charge is 0.371 e. The van der Waals surface area contributed by atoms with E-state index in [1.807, 2.05) is 0 Å². The van der Waals surface area contributed by atoms with Crippen molar-refractivity contribution in [3.63, 3.8) is 0 Å². The normalized spacial score (nSPS) is 11.9. The number of fused-ring (bicyclic) bond motifs is 1. The second kappa shape index (κ2) is 6.64. The number of hydrogen-bond acceptors (Lipinski definition) is 4. The summed E-state index contributed by atoms with van der Waals surface area (Å²) in [6.07, 6.45) is -0.925. The topological polar surface area (TPSA) is 88.8 Å². The van der Waals surface area contributed by atoms with Gasteiger partial charge in [-0.25, -0.2) is 9.18 Å². The number of anilines is 1. The van der Waals surface area contributed by atoms with Crippen molar-refractivity contribution in [1.29, 1.82) is 0 Å². The number of halogens is 1. The molecule has 3 rings (SSSR count). The highest BCUT2D eigenvalue weighted by atomic mass is 19.1. The number of carboxylic acid groups (broad SMARTS) is 1. The van der Waals surface area contributed by atoms with Crippen LogP contribution in [0.5, 0.6) is 5.75 Å². The van der Waals surface area contributed by atoms with Gasteiger partial charge in [-0.05, 0) is 43.3 Å². The van der Waals surface area contributed by atoms with Gasteiger partial charge in [0, 0.05) is 11.1 Å². The van der Waals surface area contributed by atoms with Crippen LogP contribution in [0.25, 0.3) is 11.0 Å². The standard InChI is InChI=1S/C18H14FNO5/c1-10(24-15-5-3-2-4-13(15)19)17(21)20-12-6-7-14-11(8-12)9-16(25-14)18(22)23/h2-10H,1H3,(H,20,21)(H,22,23). The highest BCUT2D eigenvalue weighted by Gasteiger charge is 2.17. The molecule has 0 spiro atoms. The Morgan fingerprint density at radius 3 is 2.68 bits per heavy atom. The predicted molar refractivity (Wildman–Crippen MR) is 88.3 cm³/mol. The molecule has 0 aliphatic rings. The fourth-order valence-corrected chi connectivity index (χ4v) is 2.25. The van der Waals surface area contributed by atoms with Crippen LogP contribution >= 0.6 is 0 Å². The van der Waals surface area contributed by atoms with E-state index < -0.39 is 23.8 Å². The summed E-state index contributed by atoms with van der Waals surface area (Å²) in [6, 6.07) is 11.9. The molecule has 0 saturated heterocycles. The number of benzene rings is 2. The van der Waals surface area contributed by atoms with Gasteiger partial charge >= 0.3 is 5.97 Å². The van der Waals surface area contributed by atoms with Crippen LogP contribution in [0.2, 0.25) is 0 Å². The Morgan fingerprint density at radius 1 is 1.20 bits per heavy atom. The number of hydrogen-bond donors (Lipinski definition) is 2. The lowest BCUT2D eigenvalue weighted by Crippen LogP contribution is -2.30. The third-order valence-electron chi connectivity index (χ3n) is 3.50. The number of carbonyl (C=O) groups excluding carboxylic acids is 1. The average molecular weight is 343 g/mol. The molecule has 1 unspecified atom stereocenters. The van der Waals surface area contributed by atoms with E-state index in [9.17, 15) is 14.0 Å². The van der Waals surface area contributed by atoms with Gasteiger partial charge in [0.2, 0.25) is 5.76 Å². The van der Waals surface area contributed by atoms with Gasteiger partial charge < -0.3 is 19.6 Å². The van der Waals surface area contributed by atoms with Crippen molar-refractivity contribution in [3.8, 4) is 5.75 Å². The zero-order valence-electron chi connectivity index (χ0n) is 13.2. The number of furan rings is 1. The lowest BCUT2D eigenvalue weighted by molar-refractivity contribution is -0.122. The molecule has 7 heteroatoms. The Balaban J connectivity index is 1.72. The number of carbonyl (C=O) groups is 2. The highest BCUT2D eigenvalue weighted by Crippen LogP contribution is 2.24. The Hall–Kier alpha value is -3.35. The van der Waals surface area contributed by atoms with Crippen molar-refractivity contribution in [1.82, 2.24) is 0 Å². The number of nitrogens with one attached hydrogen (secondary N) is 1. The zero-order valence-corrected chi connectivity index (χ0v) is 13.2. The van der Waals surface area contributed by atoms with Crippen LogP contribution < -0.4 is 10.1 Å². The van der Waals surface area contributed by atoms with E-state index in [0.717, 1.165) is 0 Å². The third-order valence-corrected chi connectivity index (χ3v) is 3.50.